The SMILES string of the molecule is C=C(C)CNC(N)=NCc1ccc(OC(C)C)cc1C(F)(F)F.I. The third-order valence-corrected chi connectivity index (χ3v) is 2.75. The van der Waals surface area contributed by atoms with E-state index in [1.54, 1.807) is 20.8 Å². The van der Waals surface area contributed by atoms with Gasteiger partial charge in [0.05, 0.1) is 18.2 Å². The molecule has 0 amide bonds. The van der Waals surface area contributed by atoms with Crippen LogP contribution in [0.15, 0.2) is 35.3 Å². The number of hydrogen-bond donors (Lipinski definition) is 2. The fourth-order valence-corrected chi connectivity index (χ4v) is 1.77. The molecule has 0 aromatic heterocycles. The van der Waals surface area contributed by atoms with E-state index in [1.807, 2.05) is 0 Å². The van der Waals surface area contributed by atoms with Gasteiger partial charge >= 0.3 is 6.18 Å². The standard InChI is InChI=1S/C16H22F3N3O.HI/c1-10(2)8-21-15(20)22-9-12-5-6-13(23-11(3)4)7-14(12)16(17,18)19;/h5-7,11H,1,8-9H2,2-4H3,(H3,20,21,22);1H. The molecule has 136 valence electrons. The molecule has 0 unspecified atom stereocenters. The Morgan fingerprint density at radius 2 is 2.00 bits per heavy atom. The Morgan fingerprint density at radius 3 is 2.50 bits per heavy atom. The second-order valence-corrected chi connectivity index (χ2v) is 5.50. The number of benzene rings is 1. The minimum atomic E-state index is -4.49. The third kappa shape index (κ3) is 7.89. The summed E-state index contributed by atoms with van der Waals surface area (Å²) in [5.41, 5.74) is 5.72. The molecule has 1 aromatic rings. The van der Waals surface area contributed by atoms with Crippen molar-refractivity contribution >= 4 is 29.9 Å². The highest BCUT2D eigenvalue weighted by Gasteiger charge is 2.33. The van der Waals surface area contributed by atoms with Gasteiger partial charge in [-0.15, -0.1) is 24.0 Å². The summed E-state index contributed by atoms with van der Waals surface area (Å²) in [7, 11) is 0. The average Bonchev–Trinajstić information content (AvgIpc) is 2.42. The lowest BCUT2D eigenvalue weighted by Gasteiger charge is -2.16. The Hall–Kier alpha value is -1.45. The lowest BCUT2D eigenvalue weighted by atomic mass is 10.1. The number of nitrogens with two attached hydrogens (primary N) is 1. The van der Waals surface area contributed by atoms with Gasteiger partial charge in [0.2, 0.25) is 0 Å². The van der Waals surface area contributed by atoms with Crippen molar-refractivity contribution in [1.82, 2.24) is 5.32 Å². The molecule has 0 atom stereocenters. The summed E-state index contributed by atoms with van der Waals surface area (Å²) >= 11 is 0. The van der Waals surface area contributed by atoms with Gasteiger partial charge in [0.1, 0.15) is 5.75 Å². The molecule has 0 saturated heterocycles. The minimum absolute atomic E-state index is 0. The maximum atomic E-state index is 13.2. The maximum Gasteiger partial charge on any atom is 0.416 e. The summed E-state index contributed by atoms with van der Waals surface area (Å²) in [5, 5.41) is 2.77. The Kier molecular flexibility index (Phi) is 9.16. The van der Waals surface area contributed by atoms with Gasteiger partial charge in [-0.25, -0.2) is 4.99 Å². The van der Waals surface area contributed by atoms with Crippen LogP contribution in [0.25, 0.3) is 0 Å². The van der Waals surface area contributed by atoms with Crippen LogP contribution in [0.1, 0.15) is 31.9 Å². The monoisotopic (exact) mass is 457 g/mol. The fourth-order valence-electron chi connectivity index (χ4n) is 1.77. The summed E-state index contributed by atoms with van der Waals surface area (Å²) in [6.07, 6.45) is -4.69. The normalized spacial score (nSPS) is 11.9. The van der Waals surface area contributed by atoms with Crippen molar-refractivity contribution in [3.8, 4) is 5.75 Å². The van der Waals surface area contributed by atoms with Crippen molar-refractivity contribution in [3.63, 3.8) is 0 Å². The van der Waals surface area contributed by atoms with Crippen LogP contribution in [0.4, 0.5) is 13.2 Å². The Balaban J connectivity index is 0.00000529. The fraction of sp³-hybridized carbons (Fsp3) is 0.438. The predicted molar refractivity (Wildman–Crippen MR) is 101 cm³/mol. The second kappa shape index (κ2) is 9.75. The highest BCUT2D eigenvalue weighted by molar-refractivity contribution is 14.0. The first-order chi connectivity index (χ1) is 10.6. The predicted octanol–water partition coefficient (Wildman–Crippen LogP) is 4.09. The number of aliphatic imine (C=N–C) groups is 1. The van der Waals surface area contributed by atoms with E-state index in [9.17, 15) is 13.2 Å². The number of ether oxygens (including phenoxy) is 1. The summed E-state index contributed by atoms with van der Waals surface area (Å²) in [6, 6.07) is 3.84. The number of hydrogen-bond acceptors (Lipinski definition) is 2. The van der Waals surface area contributed by atoms with E-state index in [1.165, 1.54) is 12.1 Å². The van der Waals surface area contributed by atoms with Gasteiger partial charge in [0, 0.05) is 6.54 Å². The summed E-state index contributed by atoms with van der Waals surface area (Å²) < 4.78 is 44.9. The second-order valence-electron chi connectivity index (χ2n) is 5.50. The lowest BCUT2D eigenvalue weighted by molar-refractivity contribution is -0.138. The smallest absolute Gasteiger partial charge is 0.416 e. The van der Waals surface area contributed by atoms with Crippen LogP contribution in [0.2, 0.25) is 0 Å². The van der Waals surface area contributed by atoms with Crippen molar-refractivity contribution in [1.29, 1.82) is 0 Å². The van der Waals surface area contributed by atoms with Crippen LogP contribution in [-0.4, -0.2) is 18.6 Å². The molecule has 4 nitrogen and oxygen atoms in total. The number of nitrogens with zero attached hydrogens (tertiary/aromatic N) is 1. The molecule has 1 rings (SSSR count). The Morgan fingerprint density at radius 1 is 1.38 bits per heavy atom. The maximum absolute atomic E-state index is 13.2. The van der Waals surface area contributed by atoms with Crippen molar-refractivity contribution in [2.75, 3.05) is 6.54 Å². The highest BCUT2D eigenvalue weighted by Crippen LogP contribution is 2.35. The van der Waals surface area contributed by atoms with Crippen LogP contribution in [-0.2, 0) is 12.7 Å². The minimum Gasteiger partial charge on any atom is -0.491 e. The van der Waals surface area contributed by atoms with Crippen molar-refractivity contribution in [3.05, 3.63) is 41.5 Å². The molecule has 3 N–H and O–H groups in total. The summed E-state index contributed by atoms with van der Waals surface area (Å²) in [4.78, 5) is 3.93. The molecule has 0 fully saturated rings. The Labute approximate surface area is 157 Å². The largest absolute Gasteiger partial charge is 0.491 e. The number of alkyl halides is 3. The van der Waals surface area contributed by atoms with Gasteiger partial charge in [-0.2, -0.15) is 13.2 Å². The van der Waals surface area contributed by atoms with Crippen LogP contribution < -0.4 is 15.8 Å². The highest BCUT2D eigenvalue weighted by atomic mass is 127. The van der Waals surface area contributed by atoms with Gasteiger partial charge in [0.15, 0.2) is 5.96 Å². The summed E-state index contributed by atoms with van der Waals surface area (Å²) in [5.74, 6) is 0.247. The van der Waals surface area contributed by atoms with Gasteiger partial charge in [-0.3, -0.25) is 0 Å². The average molecular weight is 457 g/mol. The van der Waals surface area contributed by atoms with Gasteiger partial charge < -0.3 is 15.8 Å². The van der Waals surface area contributed by atoms with Crippen molar-refractivity contribution in [2.24, 2.45) is 10.7 Å². The van der Waals surface area contributed by atoms with Crippen molar-refractivity contribution in [2.45, 2.75) is 39.6 Å². The van der Waals surface area contributed by atoms with E-state index in [0.29, 0.717) is 6.54 Å². The van der Waals surface area contributed by atoms with E-state index in [0.717, 1.165) is 11.6 Å². The molecule has 1 aromatic carbocycles. The molecule has 0 heterocycles. The van der Waals surface area contributed by atoms with Crippen LogP contribution in [0.5, 0.6) is 5.75 Å². The zero-order valence-electron chi connectivity index (χ0n) is 13.9. The van der Waals surface area contributed by atoms with Gasteiger partial charge in [-0.05, 0) is 38.5 Å². The Bertz CT molecular complexity index is 586. The molecule has 0 aliphatic carbocycles. The quantitative estimate of drug-likeness (QED) is 0.293. The topological polar surface area (TPSA) is 59.6 Å². The van der Waals surface area contributed by atoms with E-state index in [-0.39, 0.29) is 53.9 Å². The molecule has 0 saturated carbocycles. The van der Waals surface area contributed by atoms with Crippen LogP contribution in [0, 0.1) is 0 Å². The van der Waals surface area contributed by atoms with E-state index < -0.39 is 11.7 Å². The molecular formula is C16H23F3IN3O. The molecule has 0 aliphatic rings. The summed E-state index contributed by atoms with van der Waals surface area (Å²) in [6.45, 7) is 9.23. The number of nitrogens with one attached hydrogen (secondary N) is 1. The number of rotatable bonds is 6. The van der Waals surface area contributed by atoms with E-state index in [2.05, 4.69) is 16.9 Å². The first-order valence-electron chi connectivity index (χ1n) is 7.14. The molecule has 0 bridgehead atoms. The zero-order chi connectivity index (χ0) is 17.6. The molecule has 0 spiro atoms. The van der Waals surface area contributed by atoms with Crippen LogP contribution in [0.3, 0.4) is 0 Å². The first-order valence-corrected chi connectivity index (χ1v) is 7.14. The van der Waals surface area contributed by atoms with Gasteiger partial charge in [0.25, 0.3) is 0 Å². The van der Waals surface area contributed by atoms with Gasteiger partial charge in [-0.1, -0.05) is 18.2 Å². The van der Waals surface area contributed by atoms with E-state index in [4.69, 9.17) is 10.5 Å². The van der Waals surface area contributed by atoms with Crippen LogP contribution >= 0.6 is 24.0 Å². The molecule has 0 aliphatic heterocycles. The molecular weight excluding hydrogens is 434 g/mol. The molecule has 0 radical (unpaired) electrons. The number of halogens is 4. The lowest BCUT2D eigenvalue weighted by Crippen LogP contribution is -2.32. The molecule has 8 heteroatoms. The zero-order valence-corrected chi connectivity index (χ0v) is 16.2. The van der Waals surface area contributed by atoms with E-state index >= 15 is 0 Å². The van der Waals surface area contributed by atoms with Crippen molar-refractivity contribution < 1.29 is 17.9 Å². The number of guanidine groups is 1. The third-order valence-electron chi connectivity index (χ3n) is 2.75. The first kappa shape index (κ1) is 22.6. The molecule has 24 heavy (non-hydrogen) atoms.